The number of carbonyl (C=O) groups excluding carboxylic acids is 1. The van der Waals surface area contributed by atoms with E-state index in [1.807, 2.05) is 48.5 Å². The summed E-state index contributed by atoms with van der Waals surface area (Å²) >= 11 is 7.04. The van der Waals surface area contributed by atoms with Crippen LogP contribution in [-0.2, 0) is 6.42 Å². The number of aromatic nitrogens is 1. The summed E-state index contributed by atoms with van der Waals surface area (Å²) in [6.45, 7) is 2.74. The topological polar surface area (TPSA) is 63.2 Å². The van der Waals surface area contributed by atoms with Crippen molar-refractivity contribution in [3.05, 3.63) is 88.9 Å². The van der Waals surface area contributed by atoms with Gasteiger partial charge in [0.1, 0.15) is 5.75 Å². The molecule has 4 rings (SSSR count). The summed E-state index contributed by atoms with van der Waals surface area (Å²) in [4.78, 5) is 17.3. The number of ether oxygens (including phenoxy) is 1. The maximum atomic E-state index is 12.6. The van der Waals surface area contributed by atoms with Gasteiger partial charge in [-0.3, -0.25) is 10.1 Å². The van der Waals surface area contributed by atoms with Crippen molar-refractivity contribution in [2.75, 3.05) is 11.9 Å². The average Bonchev–Trinajstić information content (AvgIpc) is 3.23. The second-order valence-electron chi connectivity index (χ2n) is 7.59. The lowest BCUT2D eigenvalue weighted by molar-refractivity contribution is 0.0977. The van der Waals surface area contributed by atoms with Gasteiger partial charge in [-0.05, 0) is 66.7 Å². The van der Waals surface area contributed by atoms with E-state index in [1.165, 1.54) is 4.70 Å². The van der Waals surface area contributed by atoms with Gasteiger partial charge in [-0.1, -0.05) is 43.7 Å². The Morgan fingerprint density at radius 1 is 1.06 bits per heavy atom. The zero-order valence-corrected chi connectivity index (χ0v) is 20.0. The number of thiocarbonyl (C=S) groups is 1. The molecule has 0 radical (unpaired) electrons. The molecule has 0 saturated heterocycles. The number of thiazole rings is 1. The molecule has 0 aliphatic rings. The minimum Gasteiger partial charge on any atom is -0.494 e. The Hall–Kier alpha value is -3.29. The van der Waals surface area contributed by atoms with Crippen molar-refractivity contribution in [1.82, 2.24) is 10.3 Å². The fourth-order valence-electron chi connectivity index (χ4n) is 3.28. The molecule has 0 unspecified atom stereocenters. The molecule has 7 heteroatoms. The molecule has 5 nitrogen and oxygen atoms in total. The molecule has 2 N–H and O–H groups in total. The first-order chi connectivity index (χ1) is 16.1. The Balaban J connectivity index is 1.31. The summed E-state index contributed by atoms with van der Waals surface area (Å²) in [6, 6.07) is 23.2. The second kappa shape index (κ2) is 11.0. The summed E-state index contributed by atoms with van der Waals surface area (Å²) in [7, 11) is 0. The highest BCUT2D eigenvalue weighted by molar-refractivity contribution is 7.80. The Morgan fingerprint density at radius 3 is 2.67 bits per heavy atom. The molecule has 0 aliphatic carbocycles. The molecule has 33 heavy (non-hydrogen) atoms. The first kappa shape index (κ1) is 22.9. The van der Waals surface area contributed by atoms with Crippen LogP contribution in [0.5, 0.6) is 5.75 Å². The van der Waals surface area contributed by atoms with Crippen LogP contribution in [0, 0.1) is 0 Å². The third kappa shape index (κ3) is 6.37. The third-order valence-corrected chi connectivity index (χ3v) is 6.24. The van der Waals surface area contributed by atoms with Crippen LogP contribution in [0.4, 0.5) is 5.69 Å². The standard InChI is InChI=1S/C26H25N3O2S2/c1-2-3-15-31-21-8-6-7-19(17-21)25(30)29-26(32)27-20-13-11-18(12-14-20)16-24-28-22-9-4-5-10-23(22)33-24/h4-14,17H,2-3,15-16H2,1H3,(H2,27,29,30,32). The summed E-state index contributed by atoms with van der Waals surface area (Å²) in [5.74, 6) is 0.402. The third-order valence-electron chi connectivity index (χ3n) is 5.00. The van der Waals surface area contributed by atoms with E-state index in [2.05, 4.69) is 23.6 Å². The minimum absolute atomic E-state index is 0.247. The Morgan fingerprint density at radius 2 is 1.88 bits per heavy atom. The molecule has 0 atom stereocenters. The van der Waals surface area contributed by atoms with Crippen LogP contribution >= 0.6 is 23.6 Å². The predicted molar refractivity (Wildman–Crippen MR) is 139 cm³/mol. The molecule has 0 aliphatic heterocycles. The van der Waals surface area contributed by atoms with E-state index in [1.54, 1.807) is 29.5 Å². The molecule has 1 amide bonds. The van der Waals surface area contributed by atoms with E-state index < -0.39 is 0 Å². The average molecular weight is 476 g/mol. The van der Waals surface area contributed by atoms with Crippen LogP contribution < -0.4 is 15.4 Å². The fraction of sp³-hybridized carbons (Fsp3) is 0.192. The number of amides is 1. The van der Waals surface area contributed by atoms with Crippen LogP contribution in [0.25, 0.3) is 10.2 Å². The Labute approximate surface area is 202 Å². The number of anilines is 1. The normalized spacial score (nSPS) is 10.7. The summed E-state index contributed by atoms with van der Waals surface area (Å²) < 4.78 is 6.88. The van der Waals surface area contributed by atoms with E-state index in [9.17, 15) is 4.79 Å². The number of carbonyl (C=O) groups is 1. The highest BCUT2D eigenvalue weighted by atomic mass is 32.1. The Kier molecular flexibility index (Phi) is 7.65. The molecule has 0 fully saturated rings. The number of para-hydroxylation sites is 1. The molecule has 168 valence electrons. The largest absolute Gasteiger partial charge is 0.494 e. The van der Waals surface area contributed by atoms with Gasteiger partial charge in [-0.25, -0.2) is 4.98 Å². The molecule has 0 spiro atoms. The van der Waals surface area contributed by atoms with Gasteiger partial charge in [0, 0.05) is 17.7 Å². The zero-order valence-electron chi connectivity index (χ0n) is 18.3. The summed E-state index contributed by atoms with van der Waals surface area (Å²) in [6.07, 6.45) is 2.81. The quantitative estimate of drug-likeness (QED) is 0.235. The first-order valence-electron chi connectivity index (χ1n) is 10.9. The van der Waals surface area contributed by atoms with Crippen molar-refractivity contribution in [2.45, 2.75) is 26.2 Å². The van der Waals surface area contributed by atoms with Gasteiger partial charge in [0.05, 0.1) is 21.8 Å². The monoisotopic (exact) mass is 475 g/mol. The van der Waals surface area contributed by atoms with Crippen LogP contribution in [-0.4, -0.2) is 22.6 Å². The van der Waals surface area contributed by atoms with Gasteiger partial charge in [0.15, 0.2) is 5.11 Å². The van der Waals surface area contributed by atoms with Crippen molar-refractivity contribution in [2.24, 2.45) is 0 Å². The second-order valence-corrected chi connectivity index (χ2v) is 9.11. The molecule has 1 aromatic heterocycles. The number of fused-ring (bicyclic) bond motifs is 1. The van der Waals surface area contributed by atoms with Gasteiger partial charge in [-0.15, -0.1) is 11.3 Å². The van der Waals surface area contributed by atoms with Gasteiger partial charge < -0.3 is 10.1 Å². The lowest BCUT2D eigenvalue weighted by Crippen LogP contribution is -2.34. The molecular formula is C26H25N3O2S2. The van der Waals surface area contributed by atoms with Crippen molar-refractivity contribution in [1.29, 1.82) is 0 Å². The Bertz CT molecular complexity index is 1220. The number of hydrogen-bond donors (Lipinski definition) is 2. The molecule has 1 heterocycles. The van der Waals surface area contributed by atoms with Crippen LogP contribution in [0.3, 0.4) is 0 Å². The van der Waals surface area contributed by atoms with Crippen molar-refractivity contribution in [3.8, 4) is 5.75 Å². The maximum absolute atomic E-state index is 12.6. The van der Waals surface area contributed by atoms with Crippen molar-refractivity contribution < 1.29 is 9.53 Å². The number of nitrogens with zero attached hydrogens (tertiary/aromatic N) is 1. The van der Waals surface area contributed by atoms with E-state index in [0.29, 0.717) is 17.9 Å². The SMILES string of the molecule is CCCCOc1cccc(C(=O)NC(=S)Nc2ccc(Cc3nc4ccccc4s3)cc2)c1. The highest BCUT2D eigenvalue weighted by Gasteiger charge is 2.10. The van der Waals surface area contributed by atoms with Crippen molar-refractivity contribution in [3.63, 3.8) is 0 Å². The van der Waals surface area contributed by atoms with Gasteiger partial charge in [-0.2, -0.15) is 0 Å². The lowest BCUT2D eigenvalue weighted by Gasteiger charge is -2.11. The molecule has 0 saturated carbocycles. The minimum atomic E-state index is -0.277. The van der Waals surface area contributed by atoms with Crippen LogP contribution in [0.15, 0.2) is 72.8 Å². The number of benzene rings is 3. The molecule has 4 aromatic rings. The number of hydrogen-bond acceptors (Lipinski definition) is 5. The fourth-order valence-corrected chi connectivity index (χ4v) is 4.49. The van der Waals surface area contributed by atoms with Gasteiger partial charge >= 0.3 is 0 Å². The highest BCUT2D eigenvalue weighted by Crippen LogP contribution is 2.24. The number of unbranched alkanes of at least 4 members (excludes halogenated alkanes) is 1. The zero-order chi connectivity index (χ0) is 23.0. The van der Waals surface area contributed by atoms with E-state index >= 15 is 0 Å². The van der Waals surface area contributed by atoms with Gasteiger partial charge in [0.25, 0.3) is 5.91 Å². The van der Waals surface area contributed by atoms with Crippen LogP contribution in [0.1, 0.15) is 40.7 Å². The molecule has 3 aromatic carbocycles. The number of nitrogens with one attached hydrogen (secondary N) is 2. The first-order valence-corrected chi connectivity index (χ1v) is 12.1. The summed E-state index contributed by atoms with van der Waals surface area (Å²) in [5, 5.41) is 7.12. The molecular weight excluding hydrogens is 450 g/mol. The lowest BCUT2D eigenvalue weighted by atomic mass is 10.1. The predicted octanol–water partition coefficient (Wildman–Crippen LogP) is 6.19. The molecule has 0 bridgehead atoms. The van der Waals surface area contributed by atoms with E-state index in [0.717, 1.165) is 41.0 Å². The van der Waals surface area contributed by atoms with Gasteiger partial charge in [0.2, 0.25) is 0 Å². The van der Waals surface area contributed by atoms with Crippen LogP contribution in [0.2, 0.25) is 0 Å². The van der Waals surface area contributed by atoms with E-state index in [-0.39, 0.29) is 11.0 Å². The smallest absolute Gasteiger partial charge is 0.257 e. The van der Waals surface area contributed by atoms with Crippen molar-refractivity contribution >= 4 is 50.5 Å². The summed E-state index contributed by atoms with van der Waals surface area (Å²) in [5.41, 5.74) is 3.51. The number of rotatable bonds is 8. The van der Waals surface area contributed by atoms with E-state index in [4.69, 9.17) is 21.9 Å². The maximum Gasteiger partial charge on any atom is 0.257 e.